The molecule has 0 radical (unpaired) electrons. The Morgan fingerprint density at radius 1 is 1.25 bits per heavy atom. The first-order chi connectivity index (χ1) is 7.78. The van der Waals surface area contributed by atoms with Gasteiger partial charge in [0.1, 0.15) is 5.75 Å². The van der Waals surface area contributed by atoms with Crippen LogP contribution in [0.5, 0.6) is 5.75 Å². The molecule has 0 atom stereocenters. The maximum atomic E-state index is 9.13. The van der Waals surface area contributed by atoms with Gasteiger partial charge in [0.15, 0.2) is 5.82 Å². The van der Waals surface area contributed by atoms with E-state index in [0.717, 1.165) is 5.56 Å². The summed E-state index contributed by atoms with van der Waals surface area (Å²) < 4.78 is 5.07. The average molecular weight is 219 g/mol. The highest BCUT2D eigenvalue weighted by molar-refractivity contribution is 5.27. The molecule has 1 aromatic carbocycles. The highest BCUT2D eigenvalue weighted by Crippen LogP contribution is 2.12. The van der Waals surface area contributed by atoms with E-state index in [1.807, 2.05) is 12.1 Å². The smallest absolute Gasteiger partial charge is 0.231 e. The topological polar surface area (TPSA) is 85.2 Å². The molecule has 5 heteroatoms. The van der Waals surface area contributed by atoms with Crippen LogP contribution in [-0.4, -0.2) is 21.8 Å². The lowest BCUT2D eigenvalue weighted by molar-refractivity contribution is 0.379. The van der Waals surface area contributed by atoms with E-state index in [2.05, 4.69) is 10.1 Å². The second-order valence-electron chi connectivity index (χ2n) is 3.49. The van der Waals surface area contributed by atoms with E-state index in [-0.39, 0.29) is 5.75 Å². The first-order valence-electron chi connectivity index (χ1n) is 5.07. The Labute approximate surface area is 92.9 Å². The summed E-state index contributed by atoms with van der Waals surface area (Å²) in [7, 11) is 0. The highest BCUT2D eigenvalue weighted by atomic mass is 16.5. The van der Waals surface area contributed by atoms with E-state index in [9.17, 15) is 0 Å². The third kappa shape index (κ3) is 2.58. The minimum atomic E-state index is 0.248. The number of rotatable bonds is 4. The van der Waals surface area contributed by atoms with Crippen molar-refractivity contribution in [2.75, 3.05) is 6.54 Å². The van der Waals surface area contributed by atoms with Gasteiger partial charge in [-0.2, -0.15) is 4.98 Å². The molecular weight excluding hydrogens is 206 g/mol. The van der Waals surface area contributed by atoms with E-state index < -0.39 is 0 Å². The number of hydrogen-bond donors (Lipinski definition) is 2. The van der Waals surface area contributed by atoms with Crippen LogP contribution >= 0.6 is 0 Å². The zero-order valence-electron chi connectivity index (χ0n) is 8.76. The Hall–Kier alpha value is -1.88. The van der Waals surface area contributed by atoms with Gasteiger partial charge in [-0.1, -0.05) is 17.3 Å². The van der Waals surface area contributed by atoms with E-state index in [1.165, 1.54) is 0 Å². The quantitative estimate of drug-likeness (QED) is 0.796. The van der Waals surface area contributed by atoms with Gasteiger partial charge in [0.25, 0.3) is 0 Å². The molecule has 0 fully saturated rings. The van der Waals surface area contributed by atoms with E-state index >= 15 is 0 Å². The molecular formula is C11H13N3O2. The van der Waals surface area contributed by atoms with Gasteiger partial charge in [-0.15, -0.1) is 0 Å². The summed E-state index contributed by atoms with van der Waals surface area (Å²) in [6, 6.07) is 6.91. The molecule has 0 aliphatic rings. The van der Waals surface area contributed by atoms with Gasteiger partial charge in [0.05, 0.1) is 6.42 Å². The van der Waals surface area contributed by atoms with Gasteiger partial charge in [0.2, 0.25) is 5.89 Å². The molecule has 0 aliphatic heterocycles. The Kier molecular flexibility index (Phi) is 3.16. The molecule has 5 nitrogen and oxygen atoms in total. The largest absolute Gasteiger partial charge is 0.508 e. The normalized spacial score (nSPS) is 10.6. The molecule has 0 unspecified atom stereocenters. The number of phenols is 1. The van der Waals surface area contributed by atoms with E-state index in [4.69, 9.17) is 15.4 Å². The minimum Gasteiger partial charge on any atom is -0.508 e. The molecule has 0 saturated carbocycles. The van der Waals surface area contributed by atoms with Crippen LogP contribution in [-0.2, 0) is 12.8 Å². The van der Waals surface area contributed by atoms with Gasteiger partial charge in [-0.3, -0.25) is 0 Å². The number of aromatic hydroxyl groups is 1. The number of phenolic OH excluding ortho intramolecular Hbond substituents is 1. The van der Waals surface area contributed by atoms with E-state index in [1.54, 1.807) is 12.1 Å². The lowest BCUT2D eigenvalue weighted by atomic mass is 10.1. The number of aromatic nitrogens is 2. The molecule has 16 heavy (non-hydrogen) atoms. The van der Waals surface area contributed by atoms with Crippen molar-refractivity contribution >= 4 is 0 Å². The fourth-order valence-electron chi connectivity index (χ4n) is 1.38. The van der Waals surface area contributed by atoms with Crippen LogP contribution in [0, 0.1) is 0 Å². The van der Waals surface area contributed by atoms with Gasteiger partial charge < -0.3 is 15.4 Å². The Morgan fingerprint density at radius 3 is 2.69 bits per heavy atom. The SMILES string of the molecule is NCCc1noc(Cc2ccc(O)cc2)n1. The molecule has 3 N–H and O–H groups in total. The second kappa shape index (κ2) is 4.76. The fourth-order valence-corrected chi connectivity index (χ4v) is 1.38. The monoisotopic (exact) mass is 219 g/mol. The number of hydrogen-bond acceptors (Lipinski definition) is 5. The summed E-state index contributed by atoms with van der Waals surface area (Å²) in [4.78, 5) is 4.20. The van der Waals surface area contributed by atoms with Crippen molar-refractivity contribution in [1.29, 1.82) is 0 Å². The number of nitrogens with zero attached hydrogens (tertiary/aromatic N) is 2. The van der Waals surface area contributed by atoms with Gasteiger partial charge in [-0.25, -0.2) is 0 Å². The molecule has 2 rings (SSSR count). The zero-order chi connectivity index (χ0) is 11.4. The molecule has 1 aromatic heterocycles. The van der Waals surface area contributed by atoms with Crippen LogP contribution in [0.15, 0.2) is 28.8 Å². The molecule has 0 bridgehead atoms. The van der Waals surface area contributed by atoms with Crippen molar-refractivity contribution in [2.24, 2.45) is 5.73 Å². The summed E-state index contributed by atoms with van der Waals surface area (Å²) in [5.41, 5.74) is 6.40. The van der Waals surface area contributed by atoms with Crippen molar-refractivity contribution in [1.82, 2.24) is 10.1 Å². The average Bonchev–Trinajstić information content (AvgIpc) is 2.70. The molecule has 2 aromatic rings. The summed E-state index contributed by atoms with van der Waals surface area (Å²) in [6.45, 7) is 0.512. The third-order valence-corrected chi connectivity index (χ3v) is 2.17. The van der Waals surface area contributed by atoms with Crippen molar-refractivity contribution in [3.8, 4) is 5.75 Å². The maximum absolute atomic E-state index is 9.13. The highest BCUT2D eigenvalue weighted by Gasteiger charge is 2.06. The Balaban J connectivity index is 2.05. The van der Waals surface area contributed by atoms with Crippen LogP contribution in [0.1, 0.15) is 17.3 Å². The van der Waals surface area contributed by atoms with Crippen LogP contribution in [0.3, 0.4) is 0 Å². The van der Waals surface area contributed by atoms with Crippen LogP contribution in [0.4, 0.5) is 0 Å². The lowest BCUT2D eigenvalue weighted by Crippen LogP contribution is -2.04. The number of nitrogens with two attached hydrogens (primary N) is 1. The molecule has 1 heterocycles. The first-order valence-corrected chi connectivity index (χ1v) is 5.07. The van der Waals surface area contributed by atoms with Crippen LogP contribution in [0.2, 0.25) is 0 Å². The van der Waals surface area contributed by atoms with Gasteiger partial charge in [0, 0.05) is 6.42 Å². The predicted octanol–water partition coefficient (Wildman–Crippen LogP) is 0.867. The first kappa shape index (κ1) is 10.6. The second-order valence-corrected chi connectivity index (χ2v) is 3.49. The Morgan fingerprint density at radius 2 is 2.00 bits per heavy atom. The van der Waals surface area contributed by atoms with Gasteiger partial charge >= 0.3 is 0 Å². The minimum absolute atomic E-state index is 0.248. The lowest BCUT2D eigenvalue weighted by Gasteiger charge is -1.96. The molecule has 0 aliphatic carbocycles. The van der Waals surface area contributed by atoms with Crippen LogP contribution < -0.4 is 5.73 Å². The van der Waals surface area contributed by atoms with Gasteiger partial charge in [-0.05, 0) is 24.2 Å². The number of benzene rings is 1. The maximum Gasteiger partial charge on any atom is 0.231 e. The molecule has 84 valence electrons. The summed E-state index contributed by atoms with van der Waals surface area (Å²) in [5.74, 6) is 1.45. The summed E-state index contributed by atoms with van der Waals surface area (Å²) >= 11 is 0. The summed E-state index contributed by atoms with van der Waals surface area (Å²) in [5, 5.41) is 12.9. The molecule has 0 saturated heterocycles. The van der Waals surface area contributed by atoms with Crippen molar-refractivity contribution in [3.05, 3.63) is 41.5 Å². The van der Waals surface area contributed by atoms with Crippen molar-refractivity contribution in [2.45, 2.75) is 12.8 Å². The third-order valence-electron chi connectivity index (χ3n) is 2.17. The standard InChI is InChI=1S/C11H13N3O2/c12-6-5-10-13-11(16-14-10)7-8-1-3-9(15)4-2-8/h1-4,15H,5-7,12H2. The van der Waals surface area contributed by atoms with E-state index in [0.29, 0.717) is 31.1 Å². The molecule has 0 amide bonds. The van der Waals surface area contributed by atoms with Crippen molar-refractivity contribution in [3.63, 3.8) is 0 Å². The summed E-state index contributed by atoms with van der Waals surface area (Å²) in [6.07, 6.45) is 1.19. The predicted molar refractivity (Wildman–Crippen MR) is 58.0 cm³/mol. The van der Waals surface area contributed by atoms with Crippen LogP contribution in [0.25, 0.3) is 0 Å². The zero-order valence-corrected chi connectivity index (χ0v) is 8.76. The van der Waals surface area contributed by atoms with Crippen molar-refractivity contribution < 1.29 is 9.63 Å². The Bertz CT molecular complexity index is 451. The molecule has 0 spiro atoms. The fraction of sp³-hybridized carbons (Fsp3) is 0.273.